The minimum Gasteiger partial charge on any atom is -0.489 e. The fourth-order valence-electron chi connectivity index (χ4n) is 2.83. The van der Waals surface area contributed by atoms with Gasteiger partial charge in [0.25, 0.3) is 0 Å². The molecule has 2 aromatic carbocycles. The Bertz CT molecular complexity index is 794. The number of amides is 1. The smallest absolute Gasteiger partial charge is 0.416 e. The lowest BCUT2D eigenvalue weighted by molar-refractivity contribution is -0.137. The highest BCUT2D eigenvalue weighted by atomic mass is 35.5. The lowest BCUT2D eigenvalue weighted by Gasteiger charge is -2.23. The van der Waals surface area contributed by atoms with Crippen LogP contribution in [0.4, 0.5) is 18.9 Å². The zero-order chi connectivity index (χ0) is 20.0. The zero-order valence-corrected chi connectivity index (χ0v) is 16.3. The predicted octanol–water partition coefficient (Wildman–Crippen LogP) is 4.02. The third-order valence-corrected chi connectivity index (χ3v) is 4.23. The Balaban J connectivity index is 0.00000300. The summed E-state index contributed by atoms with van der Waals surface area (Å²) in [4.78, 5) is 12.1. The number of carbonyl (C=O) groups excluding carboxylic acids is 1. The highest BCUT2D eigenvalue weighted by Crippen LogP contribution is 2.29. The van der Waals surface area contributed by atoms with E-state index in [-0.39, 0.29) is 31.0 Å². The molecule has 2 aromatic rings. The maximum Gasteiger partial charge on any atom is 0.416 e. The molecule has 3 rings (SSSR count). The third-order valence-electron chi connectivity index (χ3n) is 4.23. The van der Waals surface area contributed by atoms with E-state index in [1.165, 1.54) is 6.07 Å². The summed E-state index contributed by atoms with van der Waals surface area (Å²) in [7, 11) is 0. The van der Waals surface area contributed by atoms with Gasteiger partial charge in [-0.3, -0.25) is 4.79 Å². The van der Waals surface area contributed by atoms with Gasteiger partial charge in [-0.05, 0) is 42.0 Å². The summed E-state index contributed by atoms with van der Waals surface area (Å²) in [6.45, 7) is 1.91. The summed E-state index contributed by atoms with van der Waals surface area (Å²) < 4.78 is 49.1. The van der Waals surface area contributed by atoms with Crippen molar-refractivity contribution < 1.29 is 27.4 Å². The minimum atomic E-state index is -4.38. The van der Waals surface area contributed by atoms with Crippen LogP contribution in [0.3, 0.4) is 0 Å². The molecule has 0 radical (unpaired) electrons. The number of hydrogen-bond donors (Lipinski definition) is 2. The summed E-state index contributed by atoms with van der Waals surface area (Å²) in [6, 6.07) is 11.7. The van der Waals surface area contributed by atoms with E-state index >= 15 is 0 Å². The number of benzene rings is 2. The summed E-state index contributed by atoms with van der Waals surface area (Å²) >= 11 is 0. The van der Waals surface area contributed by atoms with Crippen LogP contribution >= 0.6 is 12.4 Å². The Morgan fingerprint density at radius 1 is 1.21 bits per heavy atom. The molecule has 29 heavy (non-hydrogen) atoms. The molecule has 2 N–H and O–H groups in total. The standard InChI is InChI=1S/C20H21F3N2O3.ClH/c21-20(22,23)15-3-1-2-14(10-15)12-28-18-6-4-16(5-7-18)25-19(26)11-17-13-27-9-8-24-17;/h1-7,10,17,24H,8-9,11-13H2,(H,25,26);1H. The topological polar surface area (TPSA) is 59.6 Å². The molecule has 1 amide bonds. The van der Waals surface area contributed by atoms with Gasteiger partial charge < -0.3 is 20.1 Å². The molecule has 0 saturated carbocycles. The molecule has 0 aliphatic carbocycles. The van der Waals surface area contributed by atoms with Gasteiger partial charge >= 0.3 is 6.18 Å². The summed E-state index contributed by atoms with van der Waals surface area (Å²) in [5.41, 5.74) is 0.340. The number of halogens is 4. The largest absolute Gasteiger partial charge is 0.489 e. The van der Waals surface area contributed by atoms with Gasteiger partial charge in [0.05, 0.1) is 18.8 Å². The van der Waals surface area contributed by atoms with Crippen LogP contribution in [0.25, 0.3) is 0 Å². The Morgan fingerprint density at radius 2 is 1.97 bits per heavy atom. The molecule has 1 atom stereocenters. The van der Waals surface area contributed by atoms with Crippen molar-refractivity contribution in [3.05, 3.63) is 59.7 Å². The Morgan fingerprint density at radius 3 is 2.62 bits per heavy atom. The first-order chi connectivity index (χ1) is 13.4. The maximum absolute atomic E-state index is 12.7. The molecule has 1 aliphatic rings. The van der Waals surface area contributed by atoms with Crippen molar-refractivity contribution in [2.45, 2.75) is 25.2 Å². The maximum atomic E-state index is 12.7. The number of rotatable bonds is 6. The van der Waals surface area contributed by atoms with Crippen LogP contribution in [0.1, 0.15) is 17.5 Å². The molecule has 0 bridgehead atoms. The number of ether oxygens (including phenoxy) is 2. The highest BCUT2D eigenvalue weighted by molar-refractivity contribution is 5.91. The summed E-state index contributed by atoms with van der Waals surface area (Å²) in [6.07, 6.45) is -4.07. The van der Waals surface area contributed by atoms with Crippen molar-refractivity contribution in [2.24, 2.45) is 0 Å². The Hall–Kier alpha value is -2.29. The first kappa shape index (κ1) is 23.0. The van der Waals surface area contributed by atoms with E-state index in [0.717, 1.165) is 18.7 Å². The molecule has 1 saturated heterocycles. The van der Waals surface area contributed by atoms with Crippen LogP contribution in [-0.4, -0.2) is 31.7 Å². The number of anilines is 1. The predicted molar refractivity (Wildman–Crippen MR) is 105 cm³/mol. The Kier molecular flexibility index (Phi) is 8.31. The third kappa shape index (κ3) is 7.23. The molecule has 1 fully saturated rings. The number of hydrogen-bond acceptors (Lipinski definition) is 4. The quantitative estimate of drug-likeness (QED) is 0.726. The average Bonchev–Trinajstić information content (AvgIpc) is 2.68. The molecule has 9 heteroatoms. The van der Waals surface area contributed by atoms with Crippen molar-refractivity contribution >= 4 is 24.0 Å². The normalized spacial score (nSPS) is 16.6. The van der Waals surface area contributed by atoms with Crippen molar-refractivity contribution in [3.8, 4) is 5.75 Å². The van der Waals surface area contributed by atoms with Gasteiger partial charge in [-0.1, -0.05) is 12.1 Å². The lowest BCUT2D eigenvalue weighted by atomic mass is 10.1. The molecular formula is C20H22ClF3N2O3. The van der Waals surface area contributed by atoms with Crippen LogP contribution in [0, 0.1) is 0 Å². The number of alkyl halides is 3. The van der Waals surface area contributed by atoms with Gasteiger partial charge in [-0.15, -0.1) is 12.4 Å². The van der Waals surface area contributed by atoms with Gasteiger partial charge in [0.15, 0.2) is 0 Å². The first-order valence-electron chi connectivity index (χ1n) is 8.90. The van der Waals surface area contributed by atoms with Crippen molar-refractivity contribution in [3.63, 3.8) is 0 Å². The van der Waals surface area contributed by atoms with E-state index in [1.54, 1.807) is 30.3 Å². The highest BCUT2D eigenvalue weighted by Gasteiger charge is 2.30. The first-order valence-corrected chi connectivity index (χ1v) is 8.90. The number of nitrogens with one attached hydrogen (secondary N) is 2. The zero-order valence-electron chi connectivity index (χ0n) is 15.5. The van der Waals surface area contributed by atoms with E-state index in [0.29, 0.717) is 36.6 Å². The summed E-state index contributed by atoms with van der Waals surface area (Å²) in [5, 5.41) is 6.01. The number of carbonyl (C=O) groups is 1. The van der Waals surface area contributed by atoms with E-state index in [1.807, 2.05) is 0 Å². The van der Waals surface area contributed by atoms with Crippen LogP contribution in [-0.2, 0) is 22.3 Å². The monoisotopic (exact) mass is 430 g/mol. The SMILES string of the molecule is Cl.O=C(CC1COCCN1)Nc1ccc(OCc2cccc(C(F)(F)F)c2)cc1. The van der Waals surface area contributed by atoms with Crippen molar-refractivity contribution in [1.29, 1.82) is 0 Å². The molecule has 1 heterocycles. The molecule has 5 nitrogen and oxygen atoms in total. The fraction of sp³-hybridized carbons (Fsp3) is 0.350. The average molecular weight is 431 g/mol. The molecule has 0 aromatic heterocycles. The minimum absolute atomic E-state index is 0. The molecular weight excluding hydrogens is 409 g/mol. The second-order valence-electron chi connectivity index (χ2n) is 6.49. The van der Waals surface area contributed by atoms with Crippen LogP contribution in [0.15, 0.2) is 48.5 Å². The van der Waals surface area contributed by atoms with Gasteiger partial charge in [-0.25, -0.2) is 0 Å². The molecule has 0 spiro atoms. The Labute approximate surface area is 173 Å². The lowest BCUT2D eigenvalue weighted by Crippen LogP contribution is -2.43. The summed E-state index contributed by atoms with van der Waals surface area (Å²) in [5.74, 6) is 0.374. The van der Waals surface area contributed by atoms with Gasteiger partial charge in [0.2, 0.25) is 5.91 Å². The van der Waals surface area contributed by atoms with E-state index in [9.17, 15) is 18.0 Å². The van der Waals surface area contributed by atoms with Crippen LogP contribution in [0.2, 0.25) is 0 Å². The van der Waals surface area contributed by atoms with Crippen LogP contribution < -0.4 is 15.4 Å². The van der Waals surface area contributed by atoms with Gasteiger partial charge in [0.1, 0.15) is 12.4 Å². The van der Waals surface area contributed by atoms with E-state index in [4.69, 9.17) is 9.47 Å². The fourth-order valence-corrected chi connectivity index (χ4v) is 2.83. The van der Waals surface area contributed by atoms with Crippen molar-refractivity contribution in [2.75, 3.05) is 25.1 Å². The van der Waals surface area contributed by atoms with E-state index in [2.05, 4.69) is 10.6 Å². The second kappa shape index (κ2) is 10.5. The van der Waals surface area contributed by atoms with Crippen molar-refractivity contribution in [1.82, 2.24) is 5.32 Å². The van der Waals surface area contributed by atoms with E-state index < -0.39 is 11.7 Å². The van der Waals surface area contributed by atoms with Gasteiger partial charge in [0, 0.05) is 24.7 Å². The second-order valence-corrected chi connectivity index (χ2v) is 6.49. The molecule has 1 aliphatic heterocycles. The molecule has 158 valence electrons. The van der Waals surface area contributed by atoms with Gasteiger partial charge in [-0.2, -0.15) is 13.2 Å². The number of morpholine rings is 1. The molecule has 1 unspecified atom stereocenters. The van der Waals surface area contributed by atoms with Crippen LogP contribution in [0.5, 0.6) is 5.75 Å².